The molecule has 2 aliphatic rings. The molecule has 1 atom stereocenters. The van der Waals surface area contributed by atoms with Crippen LogP contribution >= 0.6 is 11.8 Å². The number of anilines is 1. The van der Waals surface area contributed by atoms with Crippen LogP contribution in [-0.4, -0.2) is 22.7 Å². The van der Waals surface area contributed by atoms with Gasteiger partial charge in [-0.05, 0) is 106 Å². The summed E-state index contributed by atoms with van der Waals surface area (Å²) in [6.07, 6.45) is 3.09. The van der Waals surface area contributed by atoms with Crippen LogP contribution in [0.3, 0.4) is 0 Å². The van der Waals surface area contributed by atoms with E-state index in [0.717, 1.165) is 23.2 Å². The predicted molar refractivity (Wildman–Crippen MR) is 133 cm³/mol. The van der Waals surface area contributed by atoms with Gasteiger partial charge in [0.2, 0.25) is 0 Å². The molecule has 0 unspecified atom stereocenters. The van der Waals surface area contributed by atoms with E-state index in [-0.39, 0.29) is 11.4 Å². The van der Waals surface area contributed by atoms with E-state index in [4.69, 9.17) is 0 Å². The quantitative estimate of drug-likeness (QED) is 0.571. The molecule has 0 aromatic heterocycles. The Morgan fingerprint density at radius 1 is 1.23 bits per heavy atom. The minimum absolute atomic E-state index is 0.0906. The summed E-state index contributed by atoms with van der Waals surface area (Å²) in [5.41, 5.74) is 5.86. The number of hydrogen-bond acceptors (Lipinski definition) is 4. The Morgan fingerprint density at radius 3 is 2.71 bits per heavy atom. The summed E-state index contributed by atoms with van der Waals surface area (Å²) >= 11 is 1.40. The fraction of sp³-hybridized carbons (Fsp3) is 0.385. The zero-order valence-electron chi connectivity index (χ0n) is 19.2. The van der Waals surface area contributed by atoms with Crippen molar-refractivity contribution < 1.29 is 4.79 Å². The smallest absolute Gasteiger partial charge is 0.264 e. The summed E-state index contributed by atoms with van der Waals surface area (Å²) in [4.78, 5) is 20.3. The van der Waals surface area contributed by atoms with Crippen LogP contribution in [0.5, 0.6) is 0 Å². The van der Waals surface area contributed by atoms with Crippen LogP contribution in [0.1, 0.15) is 63.6 Å². The van der Waals surface area contributed by atoms with E-state index >= 15 is 0 Å². The predicted octanol–water partition coefficient (Wildman–Crippen LogP) is 6.39. The third-order valence-corrected chi connectivity index (χ3v) is 6.91. The summed E-state index contributed by atoms with van der Waals surface area (Å²) in [5.74, 6) is 0.383. The van der Waals surface area contributed by atoms with Gasteiger partial charge in [0, 0.05) is 17.3 Å². The van der Waals surface area contributed by atoms with Crippen molar-refractivity contribution in [3.8, 4) is 0 Å². The second-order valence-corrected chi connectivity index (χ2v) is 10.6. The number of aliphatic imine (C=N–C) groups is 1. The van der Waals surface area contributed by atoms with E-state index in [2.05, 4.69) is 68.0 Å². The number of thioether (sulfide) groups is 1. The number of nitrogens with one attached hydrogen (secondary N) is 1. The molecule has 0 saturated carbocycles. The molecule has 2 aliphatic heterocycles. The van der Waals surface area contributed by atoms with Crippen LogP contribution in [0.15, 0.2) is 52.4 Å². The van der Waals surface area contributed by atoms with Crippen molar-refractivity contribution in [1.29, 1.82) is 0 Å². The molecule has 4 nitrogen and oxygen atoms in total. The lowest BCUT2D eigenvalue weighted by Crippen LogP contribution is -2.51. The Bertz CT molecular complexity index is 1080. The maximum Gasteiger partial charge on any atom is 0.264 e. The Hall–Kier alpha value is -2.53. The van der Waals surface area contributed by atoms with Gasteiger partial charge in [-0.15, -0.1) is 0 Å². The van der Waals surface area contributed by atoms with Crippen LogP contribution in [0.25, 0.3) is 6.08 Å². The standard InChI is InChI=1S/C26H31N3OS/c1-16(2)29-22-11-10-19(13-21(22)18(4)15-26(29,5)6)14-23-24(30)28-25(31-23)27-20-9-7-8-17(3)12-20/h7-14,16,18H,15H2,1-6H3,(H,27,28,30)/b23-14-/t18-/m0/s1. The Morgan fingerprint density at radius 2 is 2.00 bits per heavy atom. The highest BCUT2D eigenvalue weighted by molar-refractivity contribution is 8.18. The van der Waals surface area contributed by atoms with E-state index in [1.165, 1.54) is 23.0 Å². The fourth-order valence-electron chi connectivity index (χ4n) is 4.98. The average Bonchev–Trinajstić information content (AvgIpc) is 3.00. The van der Waals surface area contributed by atoms with Crippen LogP contribution in [-0.2, 0) is 4.79 Å². The van der Waals surface area contributed by atoms with Gasteiger partial charge >= 0.3 is 0 Å². The first kappa shape index (κ1) is 21.7. The van der Waals surface area contributed by atoms with Crippen molar-refractivity contribution in [2.24, 2.45) is 4.99 Å². The number of nitrogens with zero attached hydrogens (tertiary/aromatic N) is 2. The third kappa shape index (κ3) is 4.42. The number of amidine groups is 1. The van der Waals surface area contributed by atoms with Crippen molar-refractivity contribution >= 4 is 40.3 Å². The number of aryl methyl sites for hydroxylation is 1. The molecule has 1 amide bonds. The van der Waals surface area contributed by atoms with Gasteiger partial charge < -0.3 is 10.2 Å². The molecule has 162 valence electrons. The molecule has 1 saturated heterocycles. The second kappa shape index (κ2) is 8.19. The third-order valence-electron chi connectivity index (χ3n) is 6.00. The van der Waals surface area contributed by atoms with Crippen LogP contribution in [0, 0.1) is 6.92 Å². The van der Waals surface area contributed by atoms with Gasteiger partial charge in [-0.1, -0.05) is 25.1 Å². The summed E-state index contributed by atoms with van der Waals surface area (Å²) in [7, 11) is 0. The number of carbonyl (C=O) groups excluding carboxylic acids is 1. The SMILES string of the molecule is Cc1cccc(N=C2NC(=O)/C(=C/c3ccc4c(c3)[C@@H](C)CC(C)(C)N4C(C)C)S2)c1. The lowest BCUT2D eigenvalue weighted by atomic mass is 9.79. The highest BCUT2D eigenvalue weighted by Gasteiger charge is 2.37. The molecule has 2 heterocycles. The molecule has 31 heavy (non-hydrogen) atoms. The van der Waals surface area contributed by atoms with Gasteiger partial charge in [0.15, 0.2) is 5.17 Å². The molecule has 4 rings (SSSR count). The van der Waals surface area contributed by atoms with Crippen molar-refractivity contribution in [3.63, 3.8) is 0 Å². The summed E-state index contributed by atoms with van der Waals surface area (Å²) in [5, 5.41) is 3.52. The molecule has 2 aromatic rings. The van der Waals surface area contributed by atoms with Crippen molar-refractivity contribution in [1.82, 2.24) is 5.32 Å². The number of rotatable bonds is 3. The first-order valence-electron chi connectivity index (χ1n) is 10.9. The first-order chi connectivity index (χ1) is 14.6. The molecule has 5 heteroatoms. The summed E-state index contributed by atoms with van der Waals surface area (Å²) in [6, 6.07) is 15.0. The van der Waals surface area contributed by atoms with E-state index in [1.807, 2.05) is 37.3 Å². The molecular formula is C26H31N3OS. The number of benzene rings is 2. The van der Waals surface area contributed by atoms with Gasteiger partial charge in [0.25, 0.3) is 5.91 Å². The topological polar surface area (TPSA) is 44.7 Å². The lowest BCUT2D eigenvalue weighted by molar-refractivity contribution is -0.115. The Kier molecular flexibility index (Phi) is 5.73. The molecular weight excluding hydrogens is 402 g/mol. The van der Waals surface area contributed by atoms with Crippen molar-refractivity contribution in [3.05, 3.63) is 64.1 Å². The minimum Gasteiger partial charge on any atom is -0.364 e. The Labute approximate surface area is 189 Å². The zero-order valence-corrected chi connectivity index (χ0v) is 20.0. The molecule has 0 bridgehead atoms. The fourth-order valence-corrected chi connectivity index (χ4v) is 5.83. The van der Waals surface area contributed by atoms with Gasteiger partial charge in [0.05, 0.1) is 10.6 Å². The maximum atomic E-state index is 12.5. The molecule has 1 N–H and O–H groups in total. The molecule has 1 fully saturated rings. The summed E-state index contributed by atoms with van der Waals surface area (Å²) in [6.45, 7) is 13.5. The van der Waals surface area contributed by atoms with Crippen molar-refractivity contribution in [2.45, 2.75) is 65.5 Å². The number of fused-ring (bicyclic) bond motifs is 1. The Balaban J connectivity index is 1.63. The average molecular weight is 434 g/mol. The number of amides is 1. The molecule has 0 spiro atoms. The minimum atomic E-state index is -0.0906. The highest BCUT2D eigenvalue weighted by Crippen LogP contribution is 2.45. The van der Waals surface area contributed by atoms with E-state index in [1.54, 1.807) is 0 Å². The highest BCUT2D eigenvalue weighted by atomic mass is 32.2. The van der Waals surface area contributed by atoms with Crippen LogP contribution in [0.2, 0.25) is 0 Å². The van der Waals surface area contributed by atoms with E-state index < -0.39 is 0 Å². The van der Waals surface area contributed by atoms with E-state index in [0.29, 0.717) is 22.0 Å². The second-order valence-electron chi connectivity index (χ2n) is 9.52. The van der Waals surface area contributed by atoms with Crippen molar-refractivity contribution in [2.75, 3.05) is 4.90 Å². The van der Waals surface area contributed by atoms with Crippen LogP contribution in [0.4, 0.5) is 11.4 Å². The normalized spacial score (nSPS) is 22.9. The first-order valence-corrected chi connectivity index (χ1v) is 11.8. The number of carbonyl (C=O) groups is 1. The number of hydrogen-bond donors (Lipinski definition) is 1. The summed E-state index contributed by atoms with van der Waals surface area (Å²) < 4.78 is 0. The maximum absolute atomic E-state index is 12.5. The van der Waals surface area contributed by atoms with Gasteiger partial charge in [-0.2, -0.15) is 0 Å². The largest absolute Gasteiger partial charge is 0.364 e. The monoisotopic (exact) mass is 433 g/mol. The zero-order chi connectivity index (χ0) is 22.3. The van der Waals surface area contributed by atoms with Crippen LogP contribution < -0.4 is 10.2 Å². The lowest BCUT2D eigenvalue weighted by Gasteiger charge is -2.50. The van der Waals surface area contributed by atoms with Gasteiger partial charge in [-0.3, -0.25) is 4.79 Å². The molecule has 2 aromatic carbocycles. The van der Waals surface area contributed by atoms with Gasteiger partial charge in [-0.25, -0.2) is 4.99 Å². The molecule has 0 aliphatic carbocycles. The van der Waals surface area contributed by atoms with E-state index in [9.17, 15) is 4.79 Å². The molecule has 0 radical (unpaired) electrons. The van der Waals surface area contributed by atoms with Gasteiger partial charge in [0.1, 0.15) is 0 Å².